The Morgan fingerprint density at radius 3 is 2.35 bits per heavy atom. The quantitative estimate of drug-likeness (QED) is 0.735. The van der Waals surface area contributed by atoms with Crippen LogP contribution in [0, 0.1) is 13.8 Å². The van der Waals surface area contributed by atoms with Gasteiger partial charge in [0.1, 0.15) is 12.4 Å². The zero-order chi connectivity index (χ0) is 16.7. The monoisotopic (exact) mass is 314 g/mol. The summed E-state index contributed by atoms with van der Waals surface area (Å²) < 4.78 is 5.27. The summed E-state index contributed by atoms with van der Waals surface area (Å²) in [6.45, 7) is 4.46. The summed E-state index contributed by atoms with van der Waals surface area (Å²) in [5.74, 6) is 0.544. The van der Waals surface area contributed by atoms with Crippen molar-refractivity contribution in [2.24, 2.45) is 0 Å². The van der Waals surface area contributed by atoms with Crippen LogP contribution >= 0.6 is 0 Å². The van der Waals surface area contributed by atoms with Gasteiger partial charge in [0.2, 0.25) is 5.91 Å². The van der Waals surface area contributed by atoms with Crippen LogP contribution in [0.2, 0.25) is 0 Å². The summed E-state index contributed by atoms with van der Waals surface area (Å²) in [4.78, 5) is 12.0. The number of aliphatic hydroxyl groups is 1. The van der Waals surface area contributed by atoms with Crippen molar-refractivity contribution in [1.29, 1.82) is 0 Å². The molecule has 0 saturated heterocycles. The molecule has 23 heavy (non-hydrogen) atoms. The number of hydrogen-bond donors (Lipinski definition) is 3. The lowest BCUT2D eigenvalue weighted by atomic mass is 10.1. The second-order valence-corrected chi connectivity index (χ2v) is 5.26. The Morgan fingerprint density at radius 1 is 1.09 bits per heavy atom. The smallest absolute Gasteiger partial charge is 0.243 e. The fourth-order valence-electron chi connectivity index (χ4n) is 2.27. The number of rotatable bonds is 7. The molecular weight excluding hydrogens is 292 g/mol. The molecule has 0 aliphatic heterocycles. The fraction of sp³-hybridized carbons (Fsp3) is 0.278. The molecule has 122 valence electrons. The molecule has 5 nitrogen and oxygen atoms in total. The summed E-state index contributed by atoms with van der Waals surface area (Å²) >= 11 is 0. The molecule has 0 unspecified atom stereocenters. The number of benzene rings is 2. The molecule has 0 radical (unpaired) electrons. The summed E-state index contributed by atoms with van der Waals surface area (Å²) in [5, 5.41) is 14.7. The molecular formula is C18H22N2O3. The van der Waals surface area contributed by atoms with Crippen LogP contribution < -0.4 is 15.4 Å². The first-order chi connectivity index (χ1) is 11.1. The molecule has 0 atom stereocenters. The second-order valence-electron chi connectivity index (χ2n) is 5.26. The molecule has 0 spiro atoms. The Kier molecular flexibility index (Phi) is 6.00. The van der Waals surface area contributed by atoms with Gasteiger partial charge in [0.25, 0.3) is 0 Å². The van der Waals surface area contributed by atoms with Gasteiger partial charge in [-0.2, -0.15) is 0 Å². The minimum Gasteiger partial charge on any atom is -0.491 e. The van der Waals surface area contributed by atoms with Crippen molar-refractivity contribution >= 4 is 17.3 Å². The van der Waals surface area contributed by atoms with Crippen LogP contribution in [-0.4, -0.2) is 30.8 Å². The summed E-state index contributed by atoms with van der Waals surface area (Å²) in [6.07, 6.45) is 0. The number of para-hydroxylation sites is 1. The van der Waals surface area contributed by atoms with Crippen LogP contribution in [0.15, 0.2) is 42.5 Å². The van der Waals surface area contributed by atoms with Crippen LogP contribution in [-0.2, 0) is 4.79 Å². The van der Waals surface area contributed by atoms with Gasteiger partial charge < -0.3 is 20.5 Å². The van der Waals surface area contributed by atoms with E-state index < -0.39 is 0 Å². The highest BCUT2D eigenvalue weighted by molar-refractivity contribution is 5.94. The number of carbonyl (C=O) groups is 1. The van der Waals surface area contributed by atoms with Gasteiger partial charge >= 0.3 is 0 Å². The predicted molar refractivity (Wildman–Crippen MR) is 92.1 cm³/mol. The predicted octanol–water partition coefficient (Wildman–Crippen LogP) is 2.73. The Bertz CT molecular complexity index is 634. The summed E-state index contributed by atoms with van der Waals surface area (Å²) in [7, 11) is 0. The van der Waals surface area contributed by atoms with E-state index in [1.165, 1.54) is 0 Å². The molecule has 0 heterocycles. The Morgan fingerprint density at radius 2 is 1.74 bits per heavy atom. The molecule has 0 bridgehead atoms. The number of ether oxygens (including phenoxy) is 1. The minimum atomic E-state index is -0.114. The van der Waals surface area contributed by atoms with E-state index in [2.05, 4.69) is 10.6 Å². The van der Waals surface area contributed by atoms with Gasteiger partial charge in [-0.3, -0.25) is 4.79 Å². The number of carbonyl (C=O) groups excluding carboxylic acids is 1. The Labute approximate surface area is 136 Å². The SMILES string of the molecule is Cc1cccc(C)c1NCC(=O)Nc1ccc(OCCO)cc1. The van der Waals surface area contributed by atoms with E-state index in [0.29, 0.717) is 11.4 Å². The van der Waals surface area contributed by atoms with Crippen molar-refractivity contribution in [3.05, 3.63) is 53.6 Å². The highest BCUT2D eigenvalue weighted by Crippen LogP contribution is 2.19. The van der Waals surface area contributed by atoms with Gasteiger partial charge in [0, 0.05) is 11.4 Å². The van der Waals surface area contributed by atoms with Gasteiger partial charge in [-0.25, -0.2) is 0 Å². The van der Waals surface area contributed by atoms with Crippen molar-refractivity contribution in [3.8, 4) is 5.75 Å². The van der Waals surface area contributed by atoms with E-state index in [9.17, 15) is 4.79 Å². The maximum Gasteiger partial charge on any atom is 0.243 e. The number of anilines is 2. The number of hydrogen-bond acceptors (Lipinski definition) is 4. The summed E-state index contributed by atoms with van der Waals surface area (Å²) in [6, 6.07) is 13.1. The lowest BCUT2D eigenvalue weighted by Gasteiger charge is -2.13. The molecule has 2 aromatic rings. The average molecular weight is 314 g/mol. The second kappa shape index (κ2) is 8.19. The third-order valence-electron chi connectivity index (χ3n) is 3.40. The Balaban J connectivity index is 1.87. The van der Waals surface area contributed by atoms with E-state index in [1.807, 2.05) is 32.0 Å². The van der Waals surface area contributed by atoms with Crippen LogP contribution in [0.5, 0.6) is 5.75 Å². The third-order valence-corrected chi connectivity index (χ3v) is 3.40. The van der Waals surface area contributed by atoms with E-state index in [1.54, 1.807) is 24.3 Å². The molecule has 5 heteroatoms. The zero-order valence-electron chi connectivity index (χ0n) is 13.4. The molecule has 0 fully saturated rings. The Hall–Kier alpha value is -2.53. The highest BCUT2D eigenvalue weighted by Gasteiger charge is 2.06. The molecule has 0 aromatic heterocycles. The maximum absolute atomic E-state index is 12.0. The van der Waals surface area contributed by atoms with Crippen molar-refractivity contribution in [1.82, 2.24) is 0 Å². The zero-order valence-corrected chi connectivity index (χ0v) is 13.4. The third kappa shape index (κ3) is 5.00. The van der Waals surface area contributed by atoms with E-state index in [-0.39, 0.29) is 25.7 Å². The van der Waals surface area contributed by atoms with E-state index in [0.717, 1.165) is 16.8 Å². The molecule has 0 aliphatic carbocycles. The molecule has 2 aromatic carbocycles. The lowest BCUT2D eigenvalue weighted by Crippen LogP contribution is -2.22. The van der Waals surface area contributed by atoms with Crippen molar-refractivity contribution < 1.29 is 14.6 Å². The van der Waals surface area contributed by atoms with Gasteiger partial charge in [-0.1, -0.05) is 18.2 Å². The van der Waals surface area contributed by atoms with Crippen LogP contribution in [0.25, 0.3) is 0 Å². The van der Waals surface area contributed by atoms with E-state index in [4.69, 9.17) is 9.84 Å². The summed E-state index contributed by atoms with van der Waals surface area (Å²) in [5.41, 5.74) is 3.93. The lowest BCUT2D eigenvalue weighted by molar-refractivity contribution is -0.114. The largest absolute Gasteiger partial charge is 0.491 e. The van der Waals surface area contributed by atoms with Gasteiger partial charge in [-0.05, 0) is 49.2 Å². The van der Waals surface area contributed by atoms with Crippen LogP contribution in [0.3, 0.4) is 0 Å². The van der Waals surface area contributed by atoms with E-state index >= 15 is 0 Å². The van der Waals surface area contributed by atoms with Gasteiger partial charge in [0.05, 0.1) is 13.2 Å². The van der Waals surface area contributed by atoms with Gasteiger partial charge in [0.15, 0.2) is 0 Å². The first-order valence-corrected chi connectivity index (χ1v) is 7.54. The number of aliphatic hydroxyl groups excluding tert-OH is 1. The van der Waals surface area contributed by atoms with Crippen LogP contribution in [0.1, 0.15) is 11.1 Å². The molecule has 0 saturated carbocycles. The maximum atomic E-state index is 12.0. The average Bonchev–Trinajstić information content (AvgIpc) is 2.54. The fourth-order valence-corrected chi connectivity index (χ4v) is 2.27. The first kappa shape index (κ1) is 16.8. The highest BCUT2D eigenvalue weighted by atomic mass is 16.5. The first-order valence-electron chi connectivity index (χ1n) is 7.54. The number of amides is 1. The number of aryl methyl sites for hydroxylation is 2. The standard InChI is InChI=1S/C18H22N2O3/c1-13-4-3-5-14(2)18(13)19-12-17(22)20-15-6-8-16(9-7-15)23-11-10-21/h3-9,19,21H,10-12H2,1-2H3,(H,20,22). The normalized spacial score (nSPS) is 10.2. The molecule has 2 rings (SSSR count). The topological polar surface area (TPSA) is 70.6 Å². The number of nitrogens with one attached hydrogen (secondary N) is 2. The molecule has 3 N–H and O–H groups in total. The van der Waals surface area contributed by atoms with Crippen molar-refractivity contribution in [3.63, 3.8) is 0 Å². The molecule has 1 amide bonds. The molecule has 0 aliphatic rings. The van der Waals surface area contributed by atoms with Gasteiger partial charge in [-0.15, -0.1) is 0 Å². The van der Waals surface area contributed by atoms with Crippen molar-refractivity contribution in [2.45, 2.75) is 13.8 Å². The van der Waals surface area contributed by atoms with Crippen molar-refractivity contribution in [2.75, 3.05) is 30.4 Å². The van der Waals surface area contributed by atoms with Crippen LogP contribution in [0.4, 0.5) is 11.4 Å². The minimum absolute atomic E-state index is 0.0253.